The van der Waals surface area contributed by atoms with Gasteiger partial charge in [-0.05, 0) is 17.7 Å². The normalized spacial score (nSPS) is 11.9. The average Bonchev–Trinajstić information content (AvgIpc) is 2.54. The summed E-state index contributed by atoms with van der Waals surface area (Å²) in [6, 6.07) is 20.9. The minimum atomic E-state index is -0.570. The van der Waals surface area contributed by atoms with E-state index in [4.69, 9.17) is 0 Å². The Balaban J connectivity index is 2.31. The zero-order valence-electron chi connectivity index (χ0n) is 11.8. The summed E-state index contributed by atoms with van der Waals surface area (Å²) in [6.45, 7) is 0.122. The zero-order chi connectivity index (χ0) is 14.9. The van der Waals surface area contributed by atoms with Crippen molar-refractivity contribution in [3.63, 3.8) is 0 Å². The van der Waals surface area contributed by atoms with Crippen LogP contribution in [0.4, 0.5) is 0 Å². The van der Waals surface area contributed by atoms with Crippen molar-refractivity contribution in [3.8, 4) is 0 Å². The van der Waals surface area contributed by atoms with E-state index in [0.29, 0.717) is 14.7 Å². The van der Waals surface area contributed by atoms with Gasteiger partial charge in [-0.3, -0.25) is 0 Å². The fourth-order valence-corrected chi connectivity index (χ4v) is 6.74. The third kappa shape index (κ3) is 4.90. The molecule has 2 N–H and O–H groups in total. The predicted molar refractivity (Wildman–Crippen MR) is 91.9 cm³/mol. The summed E-state index contributed by atoms with van der Waals surface area (Å²) < 4.78 is 0. The highest BCUT2D eigenvalue weighted by atomic mass is 31.4. The summed E-state index contributed by atoms with van der Waals surface area (Å²) in [4.78, 5) is 0. The Bertz CT molecular complexity index is 518. The Labute approximate surface area is 129 Å². The molecule has 2 rings (SSSR count). The second-order valence-corrected chi connectivity index (χ2v) is 9.23. The summed E-state index contributed by atoms with van der Waals surface area (Å²) >= 11 is 0. The van der Waals surface area contributed by atoms with Crippen molar-refractivity contribution in [2.75, 3.05) is 13.2 Å². The summed E-state index contributed by atoms with van der Waals surface area (Å²) in [7, 11) is 0.0470. The molecule has 1 atom stereocenters. The molecule has 0 saturated carbocycles. The lowest BCUT2D eigenvalue weighted by molar-refractivity contribution is 0.337. The van der Waals surface area contributed by atoms with Crippen LogP contribution in [-0.4, -0.2) is 38.4 Å². The molecule has 0 bridgehead atoms. The molecule has 21 heavy (non-hydrogen) atoms. The highest BCUT2D eigenvalue weighted by Gasteiger charge is 2.22. The van der Waals surface area contributed by atoms with E-state index >= 15 is 0 Å². The van der Waals surface area contributed by atoms with Gasteiger partial charge in [0.25, 0.3) is 0 Å². The van der Waals surface area contributed by atoms with Crippen molar-refractivity contribution < 1.29 is 10.2 Å². The lowest BCUT2D eigenvalue weighted by Gasteiger charge is -2.15. The van der Waals surface area contributed by atoms with Crippen molar-refractivity contribution >= 4 is 22.1 Å². The molecule has 1 unspecified atom stereocenters. The summed E-state index contributed by atoms with van der Waals surface area (Å²) in [5.74, 6) is 1.92. The first kappa shape index (κ1) is 16.1. The summed E-state index contributed by atoms with van der Waals surface area (Å²) in [6.07, 6.45) is 1.92. The molecular weight excluding hydrogens is 295 g/mol. The first-order chi connectivity index (χ1) is 10.3. The largest absolute Gasteiger partial charge is 0.425 e. The molecule has 2 aromatic rings. The molecule has 0 aliphatic heterocycles. The van der Waals surface area contributed by atoms with E-state index in [-0.39, 0.29) is 13.2 Å². The Hall–Kier alpha value is -1.25. The van der Waals surface area contributed by atoms with Gasteiger partial charge in [0.1, 0.15) is 0 Å². The van der Waals surface area contributed by atoms with Crippen LogP contribution in [0.15, 0.2) is 60.7 Å². The van der Waals surface area contributed by atoms with Gasteiger partial charge in [-0.25, -0.2) is 0 Å². The smallest absolute Gasteiger partial charge is 0.340 e. The summed E-state index contributed by atoms with van der Waals surface area (Å²) in [5.41, 5.74) is 2.88. The Morgan fingerprint density at radius 1 is 0.952 bits per heavy atom. The van der Waals surface area contributed by atoms with Crippen molar-refractivity contribution in [2.24, 2.45) is 0 Å². The second kappa shape index (κ2) is 8.91. The minimum absolute atomic E-state index is 0.0610. The van der Waals surface area contributed by atoms with Gasteiger partial charge in [-0.1, -0.05) is 60.7 Å². The maximum atomic E-state index is 9.18. The van der Waals surface area contributed by atoms with Gasteiger partial charge in [-0.2, -0.15) is 0 Å². The zero-order valence-corrected chi connectivity index (χ0v) is 13.7. The number of hydrogen-bond acceptors (Lipinski definition) is 2. The molecule has 4 heteroatoms. The summed E-state index contributed by atoms with van der Waals surface area (Å²) in [5, 5.41) is 18.4. The number of aliphatic hydroxyl groups is 2. The molecular formula is C17H19O2PSi. The Morgan fingerprint density at radius 2 is 1.48 bits per heavy atom. The van der Waals surface area contributed by atoms with Crippen LogP contribution in [0.3, 0.4) is 0 Å². The van der Waals surface area contributed by atoms with E-state index in [9.17, 15) is 10.2 Å². The number of benzene rings is 2. The van der Waals surface area contributed by atoms with Crippen LogP contribution < -0.4 is 0 Å². The standard InChI is InChI=1S/C17H19O2PSi/c18-11-13-20(14-12-19)21-17(15-7-3-1-4-8-15)16-9-5-2-6-10-16/h1-10,13-14,17-19H,11-12H2. The van der Waals surface area contributed by atoms with Gasteiger partial charge in [0.2, 0.25) is 0 Å². The van der Waals surface area contributed by atoms with Gasteiger partial charge in [0.15, 0.2) is 0 Å². The van der Waals surface area contributed by atoms with Crippen molar-refractivity contribution in [3.05, 3.63) is 78.0 Å². The molecule has 0 fully saturated rings. The van der Waals surface area contributed by atoms with Crippen LogP contribution in [0.2, 0.25) is 0 Å². The molecule has 0 saturated heterocycles. The molecule has 0 aromatic heterocycles. The first-order valence-corrected chi connectivity index (χ1v) is 10.3. The molecule has 0 aliphatic carbocycles. The van der Waals surface area contributed by atoms with Gasteiger partial charge >= 0.3 is 9.19 Å². The van der Waals surface area contributed by atoms with Crippen molar-refractivity contribution in [1.29, 1.82) is 0 Å². The fourth-order valence-electron chi connectivity index (χ4n) is 2.14. The molecule has 2 nitrogen and oxygen atoms in total. The fraction of sp³-hybridized carbons (Fsp3) is 0.176. The molecule has 2 radical (unpaired) electrons. The molecule has 2 aromatic carbocycles. The molecule has 108 valence electrons. The highest BCUT2D eigenvalue weighted by Crippen LogP contribution is 2.34. The molecule has 0 aliphatic rings. The Morgan fingerprint density at radius 3 is 1.90 bits per heavy atom. The highest BCUT2D eigenvalue weighted by molar-refractivity contribution is 7.86. The van der Waals surface area contributed by atoms with Crippen LogP contribution in [0, 0.1) is 6.16 Å². The molecule has 0 spiro atoms. The van der Waals surface area contributed by atoms with Gasteiger partial charge < -0.3 is 10.2 Å². The van der Waals surface area contributed by atoms with Gasteiger partial charge in [0.05, 0.1) is 12.4 Å². The van der Waals surface area contributed by atoms with E-state index in [1.807, 2.05) is 24.1 Å². The van der Waals surface area contributed by atoms with E-state index in [0.717, 1.165) is 0 Å². The maximum absolute atomic E-state index is 9.18. The van der Waals surface area contributed by atoms with E-state index < -0.39 is 7.09 Å². The van der Waals surface area contributed by atoms with Crippen LogP contribution in [0.1, 0.15) is 16.7 Å². The first-order valence-electron chi connectivity index (χ1n) is 6.88. The van der Waals surface area contributed by atoms with Crippen molar-refractivity contribution in [2.45, 2.75) is 5.54 Å². The number of rotatable bonds is 7. The second-order valence-electron chi connectivity index (χ2n) is 4.52. The monoisotopic (exact) mass is 314 g/mol. The van der Waals surface area contributed by atoms with E-state index in [1.54, 1.807) is 0 Å². The quantitative estimate of drug-likeness (QED) is 0.469. The van der Waals surface area contributed by atoms with E-state index in [2.05, 4.69) is 48.5 Å². The van der Waals surface area contributed by atoms with Gasteiger partial charge in [-0.15, -0.1) is 13.3 Å². The molecule has 0 amide bonds. The minimum Gasteiger partial charge on any atom is -0.425 e. The lowest BCUT2D eigenvalue weighted by Crippen LogP contribution is -2.09. The predicted octanol–water partition coefficient (Wildman–Crippen LogP) is 2.83. The maximum Gasteiger partial charge on any atom is 0.340 e. The topological polar surface area (TPSA) is 40.5 Å². The van der Waals surface area contributed by atoms with Crippen LogP contribution in [0.5, 0.6) is 0 Å². The van der Waals surface area contributed by atoms with Crippen LogP contribution in [-0.2, 0) is 0 Å². The SMILES string of the molecule is OC/C=[P+](/[CH-]CO)[Si]C(c1ccccc1)c1ccccc1. The number of hydrogen-bond donors (Lipinski definition) is 2. The van der Waals surface area contributed by atoms with E-state index in [1.165, 1.54) is 11.1 Å². The average molecular weight is 314 g/mol. The van der Waals surface area contributed by atoms with Crippen LogP contribution in [0.25, 0.3) is 0 Å². The third-order valence-corrected chi connectivity index (χ3v) is 8.20. The van der Waals surface area contributed by atoms with Crippen LogP contribution >= 0.6 is 7.09 Å². The van der Waals surface area contributed by atoms with Gasteiger partial charge in [0, 0.05) is 5.54 Å². The molecule has 0 heterocycles. The number of aliphatic hydroxyl groups excluding tert-OH is 2. The third-order valence-electron chi connectivity index (χ3n) is 3.10. The van der Waals surface area contributed by atoms with Crippen molar-refractivity contribution in [1.82, 2.24) is 0 Å². The lowest BCUT2D eigenvalue weighted by atomic mass is 10.0. The Kier molecular flexibility index (Phi) is 6.84.